The molecule has 2 amide bonds. The third-order valence-electron chi connectivity index (χ3n) is 6.48. The van der Waals surface area contributed by atoms with Crippen molar-refractivity contribution in [2.75, 3.05) is 56.0 Å². The SMILES string of the molecule is CCN1CCN(c2ccc(Cl)cc2NC(=O)C2CC(=O)N(CCc3ccccc3)C2)CC1. The number of carbonyl (C=O) groups is 2. The van der Waals surface area contributed by atoms with E-state index in [9.17, 15) is 9.59 Å². The first-order valence-electron chi connectivity index (χ1n) is 11.4. The van der Waals surface area contributed by atoms with Crippen molar-refractivity contribution in [2.24, 2.45) is 5.92 Å². The highest BCUT2D eigenvalue weighted by Crippen LogP contribution is 2.31. The lowest BCUT2D eigenvalue weighted by molar-refractivity contribution is -0.128. The minimum Gasteiger partial charge on any atom is -0.367 e. The fourth-order valence-corrected chi connectivity index (χ4v) is 4.67. The van der Waals surface area contributed by atoms with Gasteiger partial charge in [-0.2, -0.15) is 0 Å². The molecule has 2 aromatic rings. The average molecular weight is 455 g/mol. The van der Waals surface area contributed by atoms with Crippen molar-refractivity contribution in [3.63, 3.8) is 0 Å². The maximum atomic E-state index is 13.1. The zero-order chi connectivity index (χ0) is 22.5. The highest BCUT2D eigenvalue weighted by molar-refractivity contribution is 6.31. The number of benzene rings is 2. The Balaban J connectivity index is 1.38. The van der Waals surface area contributed by atoms with Gasteiger partial charge in [0.15, 0.2) is 0 Å². The number of nitrogens with one attached hydrogen (secondary N) is 1. The molecule has 1 unspecified atom stereocenters. The minimum atomic E-state index is -0.345. The molecule has 7 heteroatoms. The second-order valence-electron chi connectivity index (χ2n) is 8.55. The summed E-state index contributed by atoms with van der Waals surface area (Å²) in [6.07, 6.45) is 1.05. The van der Waals surface area contributed by atoms with E-state index < -0.39 is 0 Å². The van der Waals surface area contributed by atoms with Gasteiger partial charge in [-0.1, -0.05) is 48.9 Å². The Morgan fingerprint density at radius 2 is 1.84 bits per heavy atom. The summed E-state index contributed by atoms with van der Waals surface area (Å²) in [5.74, 6) is -0.415. The van der Waals surface area contributed by atoms with Gasteiger partial charge in [0.2, 0.25) is 11.8 Å². The lowest BCUT2D eigenvalue weighted by Gasteiger charge is -2.36. The lowest BCUT2D eigenvalue weighted by atomic mass is 10.1. The Labute approximate surface area is 195 Å². The van der Waals surface area contributed by atoms with Gasteiger partial charge >= 0.3 is 0 Å². The van der Waals surface area contributed by atoms with Crippen LogP contribution in [-0.4, -0.2) is 67.4 Å². The van der Waals surface area contributed by atoms with Crippen molar-refractivity contribution in [2.45, 2.75) is 19.8 Å². The van der Waals surface area contributed by atoms with Gasteiger partial charge in [-0.15, -0.1) is 0 Å². The molecule has 2 heterocycles. The third-order valence-corrected chi connectivity index (χ3v) is 6.71. The van der Waals surface area contributed by atoms with Crippen molar-refractivity contribution in [3.8, 4) is 0 Å². The number of hydrogen-bond acceptors (Lipinski definition) is 4. The van der Waals surface area contributed by atoms with Gasteiger partial charge < -0.3 is 20.0 Å². The molecule has 0 aliphatic carbocycles. The first-order chi connectivity index (χ1) is 15.5. The number of hydrogen-bond donors (Lipinski definition) is 1. The number of piperazine rings is 1. The number of rotatable bonds is 7. The Morgan fingerprint density at radius 3 is 2.56 bits per heavy atom. The molecular formula is C25H31ClN4O2. The molecule has 2 fully saturated rings. The number of likely N-dealkylation sites (tertiary alicyclic amines) is 1. The average Bonchev–Trinajstić information content (AvgIpc) is 3.19. The summed E-state index contributed by atoms with van der Waals surface area (Å²) in [7, 11) is 0. The molecule has 0 saturated carbocycles. The van der Waals surface area contributed by atoms with Crippen molar-refractivity contribution >= 4 is 34.8 Å². The summed E-state index contributed by atoms with van der Waals surface area (Å²) in [5, 5.41) is 3.66. The summed E-state index contributed by atoms with van der Waals surface area (Å²) in [5.41, 5.74) is 2.91. The largest absolute Gasteiger partial charge is 0.367 e. The van der Waals surface area contributed by atoms with E-state index in [1.54, 1.807) is 4.90 Å². The molecule has 1 N–H and O–H groups in total. The molecule has 170 valence electrons. The van der Waals surface area contributed by atoms with Crippen LogP contribution in [0.3, 0.4) is 0 Å². The summed E-state index contributed by atoms with van der Waals surface area (Å²) < 4.78 is 0. The lowest BCUT2D eigenvalue weighted by Crippen LogP contribution is -2.46. The molecule has 2 saturated heterocycles. The number of amides is 2. The van der Waals surface area contributed by atoms with E-state index in [1.165, 1.54) is 5.56 Å². The summed E-state index contributed by atoms with van der Waals surface area (Å²) in [6.45, 7) is 8.14. The third kappa shape index (κ3) is 5.43. The van der Waals surface area contributed by atoms with E-state index in [2.05, 4.69) is 34.2 Å². The van der Waals surface area contributed by atoms with Crippen LogP contribution in [0.5, 0.6) is 0 Å². The molecule has 2 aromatic carbocycles. The van der Waals surface area contributed by atoms with E-state index in [-0.39, 0.29) is 24.2 Å². The molecule has 0 aromatic heterocycles. The van der Waals surface area contributed by atoms with E-state index in [0.29, 0.717) is 18.1 Å². The van der Waals surface area contributed by atoms with Crippen molar-refractivity contribution in [1.29, 1.82) is 0 Å². The fourth-order valence-electron chi connectivity index (χ4n) is 4.50. The Hall–Kier alpha value is -2.57. The van der Waals surface area contributed by atoms with Crippen LogP contribution in [0.4, 0.5) is 11.4 Å². The number of nitrogens with zero attached hydrogens (tertiary/aromatic N) is 3. The number of halogens is 1. The molecule has 0 bridgehead atoms. The molecule has 6 nitrogen and oxygen atoms in total. The fraction of sp³-hybridized carbons (Fsp3) is 0.440. The molecular weight excluding hydrogens is 424 g/mol. The molecule has 0 radical (unpaired) electrons. The highest BCUT2D eigenvalue weighted by Gasteiger charge is 2.34. The summed E-state index contributed by atoms with van der Waals surface area (Å²) in [4.78, 5) is 32.1. The molecule has 32 heavy (non-hydrogen) atoms. The van der Waals surface area contributed by atoms with Gasteiger partial charge in [0, 0.05) is 50.7 Å². The van der Waals surface area contributed by atoms with E-state index in [4.69, 9.17) is 11.6 Å². The summed E-state index contributed by atoms with van der Waals surface area (Å²) in [6, 6.07) is 15.8. The molecule has 4 rings (SSSR count). The zero-order valence-electron chi connectivity index (χ0n) is 18.6. The standard InChI is InChI=1S/C25H31ClN4O2/c1-2-28-12-14-29(15-13-28)23-9-8-21(26)17-22(23)27-25(32)20-16-24(31)30(18-20)11-10-19-6-4-3-5-7-19/h3-9,17,20H,2,10-16,18H2,1H3,(H,27,32). The van der Waals surface area contributed by atoms with E-state index in [1.807, 2.05) is 36.4 Å². The Morgan fingerprint density at radius 1 is 1.09 bits per heavy atom. The van der Waals surface area contributed by atoms with Crippen LogP contribution >= 0.6 is 11.6 Å². The maximum Gasteiger partial charge on any atom is 0.229 e. The van der Waals surface area contributed by atoms with E-state index in [0.717, 1.165) is 50.5 Å². The molecule has 2 aliphatic heterocycles. The van der Waals surface area contributed by atoms with Crippen LogP contribution in [0, 0.1) is 5.92 Å². The number of anilines is 2. The first kappa shape index (κ1) is 22.6. The quantitative estimate of drug-likeness (QED) is 0.695. The Bertz CT molecular complexity index is 944. The molecule has 1 atom stereocenters. The van der Waals surface area contributed by atoms with Crippen LogP contribution in [0.2, 0.25) is 5.02 Å². The van der Waals surface area contributed by atoms with Crippen LogP contribution < -0.4 is 10.2 Å². The first-order valence-corrected chi connectivity index (χ1v) is 11.8. The van der Waals surface area contributed by atoms with Gasteiger partial charge in [-0.05, 0) is 36.7 Å². The minimum absolute atomic E-state index is 0.0445. The van der Waals surface area contributed by atoms with Gasteiger partial charge in [0.05, 0.1) is 17.3 Å². The predicted molar refractivity (Wildman–Crippen MR) is 129 cm³/mol. The number of likely N-dealkylation sites (N-methyl/N-ethyl adjacent to an activating group) is 1. The van der Waals surface area contributed by atoms with Gasteiger partial charge in [0.25, 0.3) is 0 Å². The van der Waals surface area contributed by atoms with Crippen LogP contribution in [0.15, 0.2) is 48.5 Å². The maximum absolute atomic E-state index is 13.1. The summed E-state index contributed by atoms with van der Waals surface area (Å²) >= 11 is 6.25. The van der Waals surface area contributed by atoms with Crippen molar-refractivity contribution in [3.05, 3.63) is 59.1 Å². The molecule has 0 spiro atoms. The van der Waals surface area contributed by atoms with Crippen LogP contribution in [0.1, 0.15) is 18.9 Å². The van der Waals surface area contributed by atoms with Gasteiger partial charge in [-0.25, -0.2) is 0 Å². The Kier molecular flexibility index (Phi) is 7.33. The monoisotopic (exact) mass is 454 g/mol. The number of carbonyl (C=O) groups excluding carboxylic acids is 2. The smallest absolute Gasteiger partial charge is 0.229 e. The van der Waals surface area contributed by atoms with Crippen LogP contribution in [-0.2, 0) is 16.0 Å². The second kappa shape index (κ2) is 10.4. The van der Waals surface area contributed by atoms with Gasteiger partial charge in [0.1, 0.15) is 0 Å². The van der Waals surface area contributed by atoms with E-state index >= 15 is 0 Å². The molecule has 2 aliphatic rings. The topological polar surface area (TPSA) is 55.9 Å². The van der Waals surface area contributed by atoms with Crippen molar-refractivity contribution in [1.82, 2.24) is 9.80 Å². The highest BCUT2D eigenvalue weighted by atomic mass is 35.5. The normalized spacial score (nSPS) is 19.4. The second-order valence-corrected chi connectivity index (χ2v) is 8.98. The van der Waals surface area contributed by atoms with Crippen LogP contribution in [0.25, 0.3) is 0 Å². The van der Waals surface area contributed by atoms with Gasteiger partial charge in [-0.3, -0.25) is 9.59 Å². The zero-order valence-corrected chi connectivity index (χ0v) is 19.4. The predicted octanol–water partition coefficient (Wildman–Crippen LogP) is 3.51. The van der Waals surface area contributed by atoms with Crippen molar-refractivity contribution < 1.29 is 9.59 Å².